The van der Waals surface area contributed by atoms with E-state index >= 15 is 0 Å². The molecule has 0 aliphatic carbocycles. The molecule has 3 aliphatic heterocycles. The van der Waals surface area contributed by atoms with E-state index < -0.39 is 28.2 Å². The number of fused-ring (bicyclic) bond motifs is 1. The molecule has 0 aromatic rings. The van der Waals surface area contributed by atoms with Crippen LogP contribution in [-0.4, -0.2) is 91.9 Å². The average Bonchev–Trinajstić information content (AvgIpc) is 3.38. The molecule has 0 radical (unpaired) electrons. The molecular weight excluding hydrogens is 462 g/mol. The van der Waals surface area contributed by atoms with E-state index in [1.807, 2.05) is 32.6 Å². The molecule has 0 saturated carbocycles. The Morgan fingerprint density at radius 2 is 1.89 bits per heavy atom. The molecule has 3 unspecified atom stereocenters. The second kappa shape index (κ2) is 10.7. The van der Waals surface area contributed by atoms with Gasteiger partial charge in [0.25, 0.3) is 0 Å². The van der Waals surface area contributed by atoms with E-state index in [1.54, 1.807) is 33.7 Å². The van der Waals surface area contributed by atoms with Gasteiger partial charge in [-0.3, -0.25) is 14.4 Å². The summed E-state index contributed by atoms with van der Waals surface area (Å²) >= 11 is 1.70. The Hall–Kier alpha value is -1.80. The molecule has 6 atom stereocenters. The van der Waals surface area contributed by atoms with E-state index in [2.05, 4.69) is 20.1 Å². The number of carbonyl (C=O) groups is 3. The number of hydrogen-bond acceptors (Lipinski definition) is 5. The largest absolute Gasteiger partial charge is 0.396 e. The lowest BCUT2D eigenvalue weighted by molar-refractivity contribution is -0.146. The minimum absolute atomic E-state index is 0.00495. The van der Waals surface area contributed by atoms with Crippen LogP contribution in [0, 0.1) is 17.8 Å². The van der Waals surface area contributed by atoms with Gasteiger partial charge in [-0.25, -0.2) is 0 Å². The summed E-state index contributed by atoms with van der Waals surface area (Å²) in [6.45, 7) is 19.5. The molecule has 1 spiro atoms. The minimum Gasteiger partial charge on any atom is -0.396 e. The van der Waals surface area contributed by atoms with E-state index in [-0.39, 0.29) is 35.5 Å². The Bertz CT molecular complexity index is 856. The lowest BCUT2D eigenvalue weighted by atomic mass is 9.65. The van der Waals surface area contributed by atoms with Crippen LogP contribution in [0.2, 0.25) is 0 Å². The van der Waals surface area contributed by atoms with Crippen LogP contribution < -0.4 is 0 Å². The molecule has 196 valence electrons. The highest BCUT2D eigenvalue weighted by Gasteiger charge is 2.76. The van der Waals surface area contributed by atoms with Gasteiger partial charge in [0.1, 0.15) is 6.04 Å². The van der Waals surface area contributed by atoms with Crippen molar-refractivity contribution in [2.75, 3.05) is 32.8 Å². The normalized spacial score (nSPS) is 31.4. The number of likely N-dealkylation sites (tertiary alicyclic amines) is 1. The zero-order valence-corrected chi connectivity index (χ0v) is 22.9. The van der Waals surface area contributed by atoms with Gasteiger partial charge in [-0.15, -0.1) is 24.9 Å². The van der Waals surface area contributed by atoms with Crippen LogP contribution in [0.4, 0.5) is 0 Å². The zero-order valence-electron chi connectivity index (χ0n) is 22.0. The number of nitrogens with zero attached hydrogens (tertiary/aromatic N) is 3. The van der Waals surface area contributed by atoms with Crippen LogP contribution >= 0.6 is 11.8 Å². The van der Waals surface area contributed by atoms with Crippen molar-refractivity contribution in [3.63, 3.8) is 0 Å². The fourth-order valence-corrected chi connectivity index (χ4v) is 8.87. The summed E-state index contributed by atoms with van der Waals surface area (Å²) in [5.74, 6) is -1.04. The van der Waals surface area contributed by atoms with Gasteiger partial charge in [-0.05, 0) is 46.0 Å². The average molecular weight is 506 g/mol. The highest BCUT2D eigenvalue weighted by molar-refractivity contribution is 8.02. The quantitative estimate of drug-likeness (QED) is 0.437. The van der Waals surface area contributed by atoms with Crippen molar-refractivity contribution in [2.24, 2.45) is 17.8 Å². The van der Waals surface area contributed by atoms with Crippen molar-refractivity contribution in [3.05, 3.63) is 25.3 Å². The van der Waals surface area contributed by atoms with Crippen LogP contribution in [0.15, 0.2) is 25.3 Å². The summed E-state index contributed by atoms with van der Waals surface area (Å²) in [7, 11) is 0. The molecular formula is C27H43N3O4S. The van der Waals surface area contributed by atoms with Gasteiger partial charge in [0.2, 0.25) is 17.7 Å². The van der Waals surface area contributed by atoms with Crippen molar-refractivity contribution in [2.45, 2.75) is 75.5 Å². The molecule has 3 rings (SSSR count). The fraction of sp³-hybridized carbons (Fsp3) is 0.741. The molecule has 3 heterocycles. The number of amides is 3. The van der Waals surface area contributed by atoms with Crippen molar-refractivity contribution < 1.29 is 19.5 Å². The molecule has 35 heavy (non-hydrogen) atoms. The first-order valence-electron chi connectivity index (χ1n) is 12.9. The van der Waals surface area contributed by atoms with Gasteiger partial charge in [0.15, 0.2) is 0 Å². The van der Waals surface area contributed by atoms with Gasteiger partial charge >= 0.3 is 0 Å². The summed E-state index contributed by atoms with van der Waals surface area (Å²) in [5.41, 5.74) is -0.451. The first kappa shape index (κ1) is 27.8. The third-order valence-corrected chi connectivity index (χ3v) is 9.94. The van der Waals surface area contributed by atoms with Gasteiger partial charge in [0, 0.05) is 43.6 Å². The maximum Gasteiger partial charge on any atom is 0.247 e. The summed E-state index contributed by atoms with van der Waals surface area (Å²) in [6.07, 6.45) is 5.50. The molecule has 7 nitrogen and oxygen atoms in total. The smallest absolute Gasteiger partial charge is 0.247 e. The lowest BCUT2D eigenvalue weighted by Crippen LogP contribution is -2.60. The fourth-order valence-electron chi connectivity index (χ4n) is 6.46. The Morgan fingerprint density at radius 3 is 2.43 bits per heavy atom. The topological polar surface area (TPSA) is 81.2 Å². The van der Waals surface area contributed by atoms with Crippen LogP contribution in [-0.2, 0) is 14.4 Å². The van der Waals surface area contributed by atoms with Gasteiger partial charge in [-0.1, -0.05) is 26.0 Å². The number of thioether (sulfide) groups is 1. The molecule has 1 N–H and O–H groups in total. The van der Waals surface area contributed by atoms with Gasteiger partial charge in [-0.2, -0.15) is 0 Å². The Kier molecular flexibility index (Phi) is 8.47. The third kappa shape index (κ3) is 4.57. The SMILES string of the molecule is C=CCN(CCC)C(=O)[C@@H]1[C@H]2C(=O)N(CCCO)C(C(=O)N(CC=C)C(C)(C)C)C23S[C@@H]1CC3C. The highest BCUT2D eigenvalue weighted by Crippen LogP contribution is 2.69. The standard InChI is InChI=1S/C27H43N3O4S/c1-8-12-28(13-9-2)23(32)20-19-17-18(4)27(35-19)21(20)24(33)29(15-11-16-31)22(27)25(34)30(14-10-3)26(5,6)7/h8,10,18-22,31H,1,3,9,11-17H2,2,4-7H3/t18?,19-,20+,21+,22?,27?/m1/s1. The van der Waals surface area contributed by atoms with E-state index in [0.717, 1.165) is 12.8 Å². The number of rotatable bonds is 11. The maximum absolute atomic E-state index is 14.3. The molecule has 2 bridgehead atoms. The molecule has 3 saturated heterocycles. The first-order valence-corrected chi connectivity index (χ1v) is 13.8. The van der Waals surface area contributed by atoms with Crippen LogP contribution in [0.3, 0.4) is 0 Å². The predicted molar refractivity (Wildman–Crippen MR) is 141 cm³/mol. The zero-order chi connectivity index (χ0) is 26.1. The lowest BCUT2D eigenvalue weighted by Gasteiger charge is -2.44. The second-order valence-electron chi connectivity index (χ2n) is 11.1. The summed E-state index contributed by atoms with van der Waals surface area (Å²) in [5, 5.41) is 9.58. The van der Waals surface area contributed by atoms with Crippen molar-refractivity contribution >= 4 is 29.5 Å². The van der Waals surface area contributed by atoms with Crippen LogP contribution in [0.25, 0.3) is 0 Å². The minimum atomic E-state index is -0.660. The van der Waals surface area contributed by atoms with E-state index in [4.69, 9.17) is 0 Å². The third-order valence-electron chi connectivity index (χ3n) is 7.86. The Labute approximate surface area is 215 Å². The van der Waals surface area contributed by atoms with E-state index in [1.165, 1.54) is 0 Å². The molecule has 3 fully saturated rings. The molecule has 0 aromatic carbocycles. The van der Waals surface area contributed by atoms with Crippen molar-refractivity contribution in [1.29, 1.82) is 0 Å². The summed E-state index contributed by atoms with van der Waals surface area (Å²) in [4.78, 5) is 47.5. The van der Waals surface area contributed by atoms with Crippen LogP contribution in [0.5, 0.6) is 0 Å². The molecule has 8 heteroatoms. The van der Waals surface area contributed by atoms with Crippen molar-refractivity contribution in [1.82, 2.24) is 14.7 Å². The van der Waals surface area contributed by atoms with Gasteiger partial charge in [0.05, 0.1) is 16.6 Å². The Morgan fingerprint density at radius 1 is 1.23 bits per heavy atom. The molecule has 3 amide bonds. The van der Waals surface area contributed by atoms with E-state index in [0.29, 0.717) is 32.6 Å². The number of aliphatic hydroxyl groups excluding tert-OH is 1. The highest BCUT2D eigenvalue weighted by atomic mass is 32.2. The number of aliphatic hydroxyl groups is 1. The molecule has 3 aliphatic rings. The first-order chi connectivity index (χ1) is 16.5. The second-order valence-corrected chi connectivity index (χ2v) is 12.7. The Balaban J connectivity index is 2.09. The summed E-state index contributed by atoms with van der Waals surface area (Å²) < 4.78 is -0.647. The van der Waals surface area contributed by atoms with Gasteiger partial charge < -0.3 is 19.8 Å². The monoisotopic (exact) mass is 505 g/mol. The van der Waals surface area contributed by atoms with Crippen molar-refractivity contribution in [3.8, 4) is 0 Å². The maximum atomic E-state index is 14.3. The van der Waals surface area contributed by atoms with Crippen LogP contribution in [0.1, 0.15) is 53.9 Å². The molecule has 0 aromatic heterocycles. The number of carbonyl (C=O) groups excluding carboxylic acids is 3. The van der Waals surface area contributed by atoms with E-state index in [9.17, 15) is 19.5 Å². The number of hydrogen-bond donors (Lipinski definition) is 1. The summed E-state index contributed by atoms with van der Waals surface area (Å²) in [6, 6.07) is -0.660. The predicted octanol–water partition coefficient (Wildman–Crippen LogP) is 2.94.